The molecule has 2 N–H and O–H groups in total. The third-order valence-electron chi connectivity index (χ3n) is 4.50. The highest BCUT2D eigenvalue weighted by Crippen LogP contribution is 2.38. The van der Waals surface area contributed by atoms with Gasteiger partial charge in [0, 0.05) is 5.02 Å². The monoisotopic (exact) mass is 348 g/mol. The maximum absolute atomic E-state index is 9.57. The van der Waals surface area contributed by atoms with Crippen molar-refractivity contribution in [2.24, 2.45) is 5.10 Å². The van der Waals surface area contributed by atoms with Crippen LogP contribution in [-0.4, -0.2) is 10.8 Å². The molecule has 3 nitrogen and oxygen atoms in total. The number of nitrogens with zero attached hydrogens (tertiary/aromatic N) is 1. The van der Waals surface area contributed by atoms with Gasteiger partial charge >= 0.3 is 0 Å². The van der Waals surface area contributed by atoms with E-state index in [1.54, 1.807) is 12.1 Å². The van der Waals surface area contributed by atoms with E-state index in [0.29, 0.717) is 0 Å². The highest BCUT2D eigenvalue weighted by atomic mass is 35.5. The van der Waals surface area contributed by atoms with Gasteiger partial charge in [-0.05, 0) is 53.1 Å². The molecule has 3 aromatic rings. The molecule has 0 spiro atoms. The molecule has 0 saturated carbocycles. The van der Waals surface area contributed by atoms with Crippen LogP contribution in [0.5, 0.6) is 5.75 Å². The molecule has 2 atom stereocenters. The first-order valence-electron chi connectivity index (χ1n) is 8.15. The molecule has 4 rings (SSSR count). The van der Waals surface area contributed by atoms with Crippen molar-refractivity contribution in [3.63, 3.8) is 0 Å². The van der Waals surface area contributed by atoms with Crippen LogP contribution in [0, 0.1) is 0 Å². The summed E-state index contributed by atoms with van der Waals surface area (Å²) in [5, 5.41) is 14.9. The number of hydrogen-bond donors (Lipinski definition) is 2. The molecule has 0 radical (unpaired) electrons. The molecule has 1 heterocycles. The van der Waals surface area contributed by atoms with Crippen molar-refractivity contribution in [2.45, 2.75) is 12.0 Å². The van der Waals surface area contributed by atoms with Crippen molar-refractivity contribution in [3.05, 3.63) is 101 Å². The summed E-state index contributed by atoms with van der Waals surface area (Å²) in [6.45, 7) is 0. The zero-order valence-electron chi connectivity index (χ0n) is 13.4. The minimum atomic E-state index is 0.0310. The van der Waals surface area contributed by atoms with Crippen LogP contribution in [0.1, 0.15) is 28.7 Å². The minimum absolute atomic E-state index is 0.0310. The van der Waals surface area contributed by atoms with Crippen molar-refractivity contribution in [1.29, 1.82) is 0 Å². The van der Waals surface area contributed by atoms with Gasteiger partial charge in [-0.3, -0.25) is 0 Å². The van der Waals surface area contributed by atoms with Gasteiger partial charge in [0.2, 0.25) is 0 Å². The van der Waals surface area contributed by atoms with Crippen molar-refractivity contribution < 1.29 is 5.11 Å². The Balaban J connectivity index is 1.77. The number of nitrogens with one attached hydrogen (secondary N) is 1. The van der Waals surface area contributed by atoms with E-state index in [9.17, 15) is 5.11 Å². The molecule has 0 bridgehead atoms. The molecular formula is C21H17ClN2O. The van der Waals surface area contributed by atoms with E-state index in [4.69, 9.17) is 11.6 Å². The van der Waals surface area contributed by atoms with Gasteiger partial charge in [0.05, 0.1) is 17.7 Å². The third kappa shape index (κ3) is 3.11. The SMILES string of the molecule is Oc1ccc(C2=NNC(c3ccc(Cl)cc3)C2c2ccccc2)cc1. The van der Waals surface area contributed by atoms with Crippen LogP contribution in [0.2, 0.25) is 5.02 Å². The largest absolute Gasteiger partial charge is 0.508 e. The Morgan fingerprint density at radius 2 is 1.48 bits per heavy atom. The highest BCUT2D eigenvalue weighted by molar-refractivity contribution is 6.30. The summed E-state index contributed by atoms with van der Waals surface area (Å²) in [6.07, 6.45) is 0. The van der Waals surface area contributed by atoms with Crippen molar-refractivity contribution in [2.75, 3.05) is 0 Å². The lowest BCUT2D eigenvalue weighted by Crippen LogP contribution is -2.20. The fraction of sp³-hybridized carbons (Fsp3) is 0.0952. The van der Waals surface area contributed by atoms with Crippen molar-refractivity contribution in [1.82, 2.24) is 5.43 Å². The van der Waals surface area contributed by atoms with Crippen LogP contribution < -0.4 is 5.43 Å². The van der Waals surface area contributed by atoms with E-state index in [2.05, 4.69) is 22.7 Å². The topological polar surface area (TPSA) is 44.6 Å². The standard InChI is InChI=1S/C21H17ClN2O/c22-17-10-6-15(7-11-17)20-19(14-4-2-1-3-5-14)21(24-23-20)16-8-12-18(25)13-9-16/h1-13,19-20,23,25H. The molecule has 124 valence electrons. The van der Waals surface area contributed by atoms with Gasteiger partial charge in [-0.1, -0.05) is 54.1 Å². The second-order valence-electron chi connectivity index (χ2n) is 6.09. The Morgan fingerprint density at radius 3 is 2.16 bits per heavy atom. The first-order valence-corrected chi connectivity index (χ1v) is 8.53. The van der Waals surface area contributed by atoms with E-state index in [0.717, 1.165) is 21.9 Å². The lowest BCUT2D eigenvalue weighted by Gasteiger charge is -2.22. The molecule has 0 aliphatic carbocycles. The number of halogens is 1. The summed E-state index contributed by atoms with van der Waals surface area (Å²) >= 11 is 6.04. The number of hydrazone groups is 1. The number of hydrogen-bond acceptors (Lipinski definition) is 3. The summed E-state index contributed by atoms with van der Waals surface area (Å²) in [4.78, 5) is 0. The van der Waals surface area contributed by atoms with Crippen LogP contribution in [0.4, 0.5) is 0 Å². The number of benzene rings is 3. The molecule has 0 aromatic heterocycles. The van der Waals surface area contributed by atoms with E-state index >= 15 is 0 Å². The Morgan fingerprint density at radius 1 is 0.800 bits per heavy atom. The van der Waals surface area contributed by atoms with Gasteiger partial charge < -0.3 is 10.5 Å². The quantitative estimate of drug-likeness (QED) is 0.708. The molecule has 1 aliphatic rings. The first kappa shape index (κ1) is 15.7. The average Bonchev–Trinajstić information content (AvgIpc) is 3.09. The van der Waals surface area contributed by atoms with Crippen LogP contribution >= 0.6 is 11.6 Å². The summed E-state index contributed by atoms with van der Waals surface area (Å²) in [6, 6.07) is 25.4. The lowest BCUT2D eigenvalue weighted by atomic mass is 9.82. The van der Waals surface area contributed by atoms with Gasteiger partial charge in [0.1, 0.15) is 5.75 Å². The predicted octanol–water partition coefficient (Wildman–Crippen LogP) is 4.88. The number of phenols is 1. The molecular weight excluding hydrogens is 332 g/mol. The molecule has 3 aromatic carbocycles. The molecule has 0 amide bonds. The zero-order valence-corrected chi connectivity index (χ0v) is 14.2. The van der Waals surface area contributed by atoms with Crippen LogP contribution in [0.3, 0.4) is 0 Å². The maximum Gasteiger partial charge on any atom is 0.115 e. The normalized spacial score (nSPS) is 19.3. The van der Waals surface area contributed by atoms with Crippen LogP contribution in [-0.2, 0) is 0 Å². The number of rotatable bonds is 3. The molecule has 25 heavy (non-hydrogen) atoms. The van der Waals surface area contributed by atoms with Gasteiger partial charge in [0.15, 0.2) is 0 Å². The fourth-order valence-electron chi connectivity index (χ4n) is 3.27. The van der Waals surface area contributed by atoms with Gasteiger partial charge in [-0.15, -0.1) is 0 Å². The van der Waals surface area contributed by atoms with E-state index in [1.165, 1.54) is 5.56 Å². The van der Waals surface area contributed by atoms with E-state index in [1.807, 2.05) is 54.6 Å². The van der Waals surface area contributed by atoms with Crippen LogP contribution in [0.15, 0.2) is 84.0 Å². The number of phenolic OH excluding ortho intramolecular Hbond substituents is 1. The van der Waals surface area contributed by atoms with Crippen molar-refractivity contribution >= 4 is 17.3 Å². The maximum atomic E-state index is 9.57. The summed E-state index contributed by atoms with van der Waals surface area (Å²) in [7, 11) is 0. The average molecular weight is 349 g/mol. The van der Waals surface area contributed by atoms with Gasteiger partial charge in [-0.25, -0.2) is 0 Å². The van der Waals surface area contributed by atoms with E-state index < -0.39 is 0 Å². The molecule has 4 heteroatoms. The van der Waals surface area contributed by atoms with Gasteiger partial charge in [-0.2, -0.15) is 5.10 Å². The Labute approximate surface area is 151 Å². The Kier molecular flexibility index (Phi) is 4.16. The van der Waals surface area contributed by atoms with Gasteiger partial charge in [0.25, 0.3) is 0 Å². The van der Waals surface area contributed by atoms with E-state index in [-0.39, 0.29) is 17.7 Å². The third-order valence-corrected chi connectivity index (χ3v) is 4.75. The number of aromatic hydroxyl groups is 1. The van der Waals surface area contributed by atoms with Crippen LogP contribution in [0.25, 0.3) is 0 Å². The molecule has 1 aliphatic heterocycles. The molecule has 0 fully saturated rings. The summed E-state index contributed by atoms with van der Waals surface area (Å²) < 4.78 is 0. The minimum Gasteiger partial charge on any atom is -0.508 e. The second-order valence-corrected chi connectivity index (χ2v) is 6.53. The van der Waals surface area contributed by atoms with Crippen molar-refractivity contribution in [3.8, 4) is 5.75 Å². The summed E-state index contributed by atoms with van der Waals surface area (Å²) in [5.74, 6) is 0.327. The predicted molar refractivity (Wildman–Crippen MR) is 101 cm³/mol. The first-order chi connectivity index (χ1) is 12.2. The Hall–Kier alpha value is -2.78. The zero-order chi connectivity index (χ0) is 17.2. The smallest absolute Gasteiger partial charge is 0.115 e. The molecule has 0 saturated heterocycles. The second kappa shape index (κ2) is 6.61. The highest BCUT2D eigenvalue weighted by Gasteiger charge is 2.34. The fourth-order valence-corrected chi connectivity index (χ4v) is 3.39. The summed E-state index contributed by atoms with van der Waals surface area (Å²) in [5.41, 5.74) is 7.58. The Bertz CT molecular complexity index is 889. The molecule has 2 unspecified atom stereocenters. The lowest BCUT2D eigenvalue weighted by molar-refractivity contribution is 0.475.